The largest absolute Gasteiger partial charge is 0.448 e. The van der Waals surface area contributed by atoms with Gasteiger partial charge in [-0.25, -0.2) is 4.98 Å². The van der Waals surface area contributed by atoms with E-state index in [9.17, 15) is 0 Å². The normalized spacial score (nSPS) is 18.9. The molecule has 2 nitrogen and oxygen atoms in total. The second-order valence-electron chi connectivity index (χ2n) is 2.95. The van der Waals surface area contributed by atoms with Crippen molar-refractivity contribution in [1.82, 2.24) is 4.98 Å². The van der Waals surface area contributed by atoms with E-state index in [0.717, 1.165) is 11.6 Å². The van der Waals surface area contributed by atoms with E-state index in [0.29, 0.717) is 5.92 Å². The molecule has 0 unspecified atom stereocenters. The Morgan fingerprint density at radius 3 is 2.80 bits per heavy atom. The molecule has 0 N–H and O–H groups in total. The van der Waals surface area contributed by atoms with Gasteiger partial charge in [0.1, 0.15) is 6.26 Å². The van der Waals surface area contributed by atoms with E-state index in [1.165, 1.54) is 19.3 Å². The molecule has 0 aromatic carbocycles. The van der Waals surface area contributed by atoms with E-state index in [-0.39, 0.29) is 0 Å². The smallest absolute Gasteiger partial charge is 0.197 e. The molecule has 1 aliphatic carbocycles. The molecule has 0 spiro atoms. The summed E-state index contributed by atoms with van der Waals surface area (Å²) in [6.45, 7) is 1.96. The van der Waals surface area contributed by atoms with E-state index in [1.807, 2.05) is 6.92 Å². The van der Waals surface area contributed by atoms with E-state index >= 15 is 0 Å². The maximum absolute atomic E-state index is 5.26. The van der Waals surface area contributed by atoms with Crippen LogP contribution in [0.5, 0.6) is 0 Å². The first-order valence-electron chi connectivity index (χ1n) is 3.78. The second-order valence-corrected chi connectivity index (χ2v) is 2.95. The van der Waals surface area contributed by atoms with Gasteiger partial charge in [-0.1, -0.05) is 6.42 Å². The summed E-state index contributed by atoms with van der Waals surface area (Å²) in [6, 6.07) is 0. The van der Waals surface area contributed by atoms with E-state index in [2.05, 4.69) is 4.98 Å². The molecule has 0 bridgehead atoms. The predicted molar refractivity (Wildman–Crippen MR) is 37.8 cm³/mol. The zero-order valence-electron chi connectivity index (χ0n) is 6.13. The summed E-state index contributed by atoms with van der Waals surface area (Å²) >= 11 is 0. The molecule has 1 fully saturated rings. The first-order valence-corrected chi connectivity index (χ1v) is 3.78. The van der Waals surface area contributed by atoms with Crippen molar-refractivity contribution in [2.45, 2.75) is 32.1 Å². The van der Waals surface area contributed by atoms with Crippen molar-refractivity contribution in [3.05, 3.63) is 17.8 Å². The molecule has 0 atom stereocenters. The monoisotopic (exact) mass is 137 g/mol. The highest BCUT2D eigenvalue weighted by Crippen LogP contribution is 2.35. The minimum absolute atomic E-state index is 0.633. The minimum atomic E-state index is 0.633. The zero-order chi connectivity index (χ0) is 6.97. The number of rotatable bonds is 1. The van der Waals surface area contributed by atoms with Gasteiger partial charge in [-0.15, -0.1) is 0 Å². The SMILES string of the molecule is Cc1coc(C2CCC2)n1. The van der Waals surface area contributed by atoms with Crippen LogP contribution in [0, 0.1) is 6.92 Å². The van der Waals surface area contributed by atoms with Gasteiger partial charge in [0.15, 0.2) is 5.89 Å². The van der Waals surface area contributed by atoms with Crippen LogP contribution in [0.15, 0.2) is 10.7 Å². The lowest BCUT2D eigenvalue weighted by Gasteiger charge is -2.21. The molecule has 1 saturated carbocycles. The molecule has 0 radical (unpaired) electrons. The van der Waals surface area contributed by atoms with Gasteiger partial charge in [-0.2, -0.15) is 0 Å². The Hall–Kier alpha value is -0.790. The maximum atomic E-state index is 5.26. The number of nitrogens with zero attached hydrogens (tertiary/aromatic N) is 1. The standard InChI is InChI=1S/C8H11NO/c1-6-5-10-8(9-6)7-3-2-4-7/h5,7H,2-4H2,1H3. The summed E-state index contributed by atoms with van der Waals surface area (Å²) in [5.74, 6) is 1.58. The average Bonchev–Trinajstić information content (AvgIpc) is 2.10. The van der Waals surface area contributed by atoms with Crippen molar-refractivity contribution >= 4 is 0 Å². The molecule has 1 heterocycles. The zero-order valence-corrected chi connectivity index (χ0v) is 6.13. The highest BCUT2D eigenvalue weighted by Gasteiger charge is 2.23. The van der Waals surface area contributed by atoms with Gasteiger partial charge in [0, 0.05) is 5.92 Å². The van der Waals surface area contributed by atoms with E-state index in [4.69, 9.17) is 4.42 Å². The summed E-state index contributed by atoms with van der Waals surface area (Å²) in [7, 11) is 0. The van der Waals surface area contributed by atoms with Gasteiger partial charge in [-0.3, -0.25) is 0 Å². The first-order chi connectivity index (χ1) is 4.86. The van der Waals surface area contributed by atoms with Gasteiger partial charge in [0.25, 0.3) is 0 Å². The number of hydrogen-bond acceptors (Lipinski definition) is 2. The van der Waals surface area contributed by atoms with Gasteiger partial charge in [-0.05, 0) is 19.8 Å². The molecule has 2 rings (SSSR count). The highest BCUT2D eigenvalue weighted by molar-refractivity contribution is 5.01. The molecule has 0 amide bonds. The molecular weight excluding hydrogens is 126 g/mol. The Morgan fingerprint density at radius 1 is 1.60 bits per heavy atom. The molecule has 1 aromatic heterocycles. The van der Waals surface area contributed by atoms with Crippen molar-refractivity contribution in [3.8, 4) is 0 Å². The van der Waals surface area contributed by atoms with Crippen LogP contribution in [-0.2, 0) is 0 Å². The first kappa shape index (κ1) is 5.96. The quantitative estimate of drug-likeness (QED) is 0.593. The van der Waals surface area contributed by atoms with Crippen LogP contribution >= 0.6 is 0 Å². The number of aryl methyl sites for hydroxylation is 1. The minimum Gasteiger partial charge on any atom is -0.448 e. The van der Waals surface area contributed by atoms with E-state index < -0.39 is 0 Å². The third-order valence-electron chi connectivity index (χ3n) is 2.09. The van der Waals surface area contributed by atoms with Crippen LogP contribution in [0.3, 0.4) is 0 Å². The third-order valence-corrected chi connectivity index (χ3v) is 2.09. The van der Waals surface area contributed by atoms with Crippen molar-refractivity contribution in [1.29, 1.82) is 0 Å². The van der Waals surface area contributed by atoms with Crippen molar-refractivity contribution in [2.24, 2.45) is 0 Å². The molecule has 1 aromatic rings. The lowest BCUT2D eigenvalue weighted by molar-refractivity contribution is 0.335. The maximum Gasteiger partial charge on any atom is 0.197 e. The average molecular weight is 137 g/mol. The molecule has 1 aliphatic rings. The topological polar surface area (TPSA) is 26.0 Å². The third kappa shape index (κ3) is 0.838. The molecule has 54 valence electrons. The molecule has 0 aliphatic heterocycles. The van der Waals surface area contributed by atoms with Crippen LogP contribution in [0.25, 0.3) is 0 Å². The van der Waals surface area contributed by atoms with Crippen LogP contribution in [-0.4, -0.2) is 4.98 Å². The fraction of sp³-hybridized carbons (Fsp3) is 0.625. The van der Waals surface area contributed by atoms with Crippen LogP contribution in [0.4, 0.5) is 0 Å². The van der Waals surface area contributed by atoms with Crippen molar-refractivity contribution in [3.63, 3.8) is 0 Å². The molecule has 2 heteroatoms. The van der Waals surface area contributed by atoms with E-state index in [1.54, 1.807) is 6.26 Å². The summed E-state index contributed by atoms with van der Waals surface area (Å²) in [5.41, 5.74) is 1.00. The fourth-order valence-corrected chi connectivity index (χ4v) is 1.21. The Kier molecular flexibility index (Phi) is 1.26. The number of hydrogen-bond donors (Lipinski definition) is 0. The van der Waals surface area contributed by atoms with Crippen LogP contribution in [0.2, 0.25) is 0 Å². The molecule has 0 saturated heterocycles. The van der Waals surface area contributed by atoms with Crippen molar-refractivity contribution < 1.29 is 4.42 Å². The van der Waals surface area contributed by atoms with Gasteiger partial charge >= 0.3 is 0 Å². The Labute approximate surface area is 60.3 Å². The lowest BCUT2D eigenvalue weighted by atomic mass is 9.85. The second kappa shape index (κ2) is 2.11. The summed E-state index contributed by atoms with van der Waals surface area (Å²) in [4.78, 5) is 4.27. The van der Waals surface area contributed by atoms with Gasteiger partial charge in [0.05, 0.1) is 5.69 Å². The number of aromatic nitrogens is 1. The van der Waals surface area contributed by atoms with Gasteiger partial charge in [0.2, 0.25) is 0 Å². The lowest BCUT2D eigenvalue weighted by Crippen LogP contribution is -2.08. The number of oxazole rings is 1. The molecule has 10 heavy (non-hydrogen) atoms. The molecular formula is C8H11NO. The Morgan fingerprint density at radius 2 is 2.40 bits per heavy atom. The van der Waals surface area contributed by atoms with Gasteiger partial charge < -0.3 is 4.42 Å². The highest BCUT2D eigenvalue weighted by atomic mass is 16.3. The Balaban J connectivity index is 2.17. The Bertz CT molecular complexity index is 225. The van der Waals surface area contributed by atoms with Crippen LogP contribution in [0.1, 0.15) is 36.8 Å². The fourth-order valence-electron chi connectivity index (χ4n) is 1.21. The van der Waals surface area contributed by atoms with Crippen molar-refractivity contribution in [2.75, 3.05) is 0 Å². The summed E-state index contributed by atoms with van der Waals surface area (Å²) in [5, 5.41) is 0. The summed E-state index contributed by atoms with van der Waals surface area (Å²) in [6.07, 6.45) is 5.60. The summed E-state index contributed by atoms with van der Waals surface area (Å²) < 4.78 is 5.26. The predicted octanol–water partition coefficient (Wildman–Crippen LogP) is 2.25. The van der Waals surface area contributed by atoms with Crippen LogP contribution < -0.4 is 0 Å².